The molecule has 26 heavy (non-hydrogen) atoms. The van der Waals surface area contributed by atoms with E-state index in [4.69, 9.17) is 4.74 Å². The van der Waals surface area contributed by atoms with Gasteiger partial charge in [-0.2, -0.15) is 0 Å². The van der Waals surface area contributed by atoms with Crippen LogP contribution in [-0.2, 0) is 9.59 Å². The third-order valence-corrected chi connectivity index (χ3v) is 5.25. The molecular weight excluding hydrogens is 328 g/mol. The number of hydrogen-bond acceptors (Lipinski definition) is 3. The Morgan fingerprint density at radius 3 is 2.62 bits per heavy atom. The summed E-state index contributed by atoms with van der Waals surface area (Å²) in [6.45, 7) is 4.30. The average Bonchev–Trinajstić information content (AvgIpc) is 2.62. The van der Waals surface area contributed by atoms with Gasteiger partial charge in [0, 0.05) is 24.6 Å². The third-order valence-electron chi connectivity index (χ3n) is 5.25. The highest BCUT2D eigenvalue weighted by Crippen LogP contribution is 2.47. The lowest BCUT2D eigenvalue weighted by molar-refractivity contribution is -0.146. The quantitative estimate of drug-likeness (QED) is 0.866. The normalized spacial score (nSPS) is 26.3. The van der Waals surface area contributed by atoms with Crippen molar-refractivity contribution in [1.82, 2.24) is 5.32 Å². The minimum Gasteiger partial charge on any atom is -0.468 e. The number of hydrogen-bond donors (Lipinski definition) is 1. The molecule has 0 aliphatic carbocycles. The number of carbonyl (C=O) groups excluding carboxylic acids is 2. The van der Waals surface area contributed by atoms with Gasteiger partial charge < -0.3 is 15.0 Å². The van der Waals surface area contributed by atoms with E-state index in [1.807, 2.05) is 68.4 Å². The Morgan fingerprint density at radius 1 is 1.19 bits per heavy atom. The highest BCUT2D eigenvalue weighted by Gasteiger charge is 2.52. The van der Waals surface area contributed by atoms with Crippen molar-refractivity contribution in [3.8, 4) is 5.75 Å². The first-order valence-electron chi connectivity index (χ1n) is 8.99. The molecule has 1 N–H and O–H groups in total. The Morgan fingerprint density at radius 2 is 1.88 bits per heavy atom. The third kappa shape index (κ3) is 2.64. The predicted molar refractivity (Wildman–Crippen MR) is 98.9 cm³/mol. The number of nitrogens with zero attached hydrogens (tertiary/aromatic N) is 1. The van der Waals surface area contributed by atoms with E-state index in [-0.39, 0.29) is 17.7 Å². The lowest BCUT2D eigenvalue weighted by Crippen LogP contribution is -2.63. The molecule has 1 saturated heterocycles. The van der Waals surface area contributed by atoms with E-state index < -0.39 is 11.6 Å². The minimum absolute atomic E-state index is 0.167. The summed E-state index contributed by atoms with van der Waals surface area (Å²) in [5.41, 5.74) is 0.972. The molecule has 2 bridgehead atoms. The van der Waals surface area contributed by atoms with Crippen LogP contribution in [0.3, 0.4) is 0 Å². The van der Waals surface area contributed by atoms with Crippen LogP contribution in [0.5, 0.6) is 5.75 Å². The van der Waals surface area contributed by atoms with Crippen LogP contribution in [0.25, 0.3) is 0 Å². The lowest BCUT2D eigenvalue weighted by Gasteiger charge is -2.47. The topological polar surface area (TPSA) is 58.6 Å². The molecule has 2 heterocycles. The molecule has 2 amide bonds. The maximum absolute atomic E-state index is 13.4. The zero-order valence-corrected chi connectivity index (χ0v) is 14.9. The van der Waals surface area contributed by atoms with E-state index in [2.05, 4.69) is 5.32 Å². The molecule has 0 aromatic heterocycles. The molecule has 0 unspecified atom stereocenters. The summed E-state index contributed by atoms with van der Waals surface area (Å²) in [6, 6.07) is 17.2. The van der Waals surface area contributed by atoms with Crippen molar-refractivity contribution in [1.29, 1.82) is 0 Å². The van der Waals surface area contributed by atoms with Gasteiger partial charge >= 0.3 is 0 Å². The SMILES string of the molecule is CCN(C(=O)[C@@H]1C(=O)N[C@@]2(C)C[C@H]1c1ccccc1O2)c1ccccc1. The minimum atomic E-state index is -0.767. The van der Waals surface area contributed by atoms with Gasteiger partial charge in [-0.15, -0.1) is 0 Å². The van der Waals surface area contributed by atoms with Gasteiger partial charge in [0.15, 0.2) is 5.72 Å². The number of carbonyl (C=O) groups is 2. The number of amides is 2. The lowest BCUT2D eigenvalue weighted by atomic mass is 9.74. The summed E-state index contributed by atoms with van der Waals surface area (Å²) in [4.78, 5) is 27.9. The molecule has 134 valence electrons. The number of rotatable bonds is 3. The van der Waals surface area contributed by atoms with E-state index in [9.17, 15) is 9.59 Å². The number of piperidine rings is 1. The fourth-order valence-corrected chi connectivity index (χ4v) is 4.11. The number of nitrogens with one attached hydrogen (secondary N) is 1. The zero-order chi connectivity index (χ0) is 18.3. The summed E-state index contributed by atoms with van der Waals surface area (Å²) in [7, 11) is 0. The van der Waals surface area contributed by atoms with Gasteiger partial charge in [0.25, 0.3) is 0 Å². The summed E-state index contributed by atoms with van der Waals surface area (Å²) >= 11 is 0. The summed E-state index contributed by atoms with van der Waals surface area (Å²) in [5, 5.41) is 2.92. The van der Waals surface area contributed by atoms with Gasteiger partial charge in [-0.1, -0.05) is 36.4 Å². The molecule has 2 aromatic rings. The second-order valence-electron chi connectivity index (χ2n) is 7.07. The van der Waals surface area contributed by atoms with E-state index >= 15 is 0 Å². The first kappa shape index (κ1) is 16.6. The van der Waals surface area contributed by atoms with Crippen molar-refractivity contribution >= 4 is 17.5 Å². The Kier molecular flexibility index (Phi) is 3.94. The van der Waals surface area contributed by atoms with Crippen LogP contribution < -0.4 is 15.0 Å². The summed E-state index contributed by atoms with van der Waals surface area (Å²) < 4.78 is 6.00. The first-order valence-corrected chi connectivity index (χ1v) is 8.99. The van der Waals surface area contributed by atoms with Gasteiger partial charge in [0.1, 0.15) is 11.7 Å². The Hall–Kier alpha value is -2.82. The molecule has 0 radical (unpaired) electrons. The maximum Gasteiger partial charge on any atom is 0.240 e. The summed E-state index contributed by atoms with van der Waals surface area (Å²) in [6.07, 6.45) is 0.582. The van der Waals surface area contributed by atoms with Gasteiger partial charge in [0.2, 0.25) is 11.8 Å². The number of fused-ring (bicyclic) bond motifs is 4. The monoisotopic (exact) mass is 350 g/mol. The zero-order valence-electron chi connectivity index (χ0n) is 14.9. The Balaban J connectivity index is 1.74. The predicted octanol–water partition coefficient (Wildman–Crippen LogP) is 3.07. The van der Waals surface area contributed by atoms with E-state index in [0.29, 0.717) is 13.0 Å². The molecule has 5 heteroatoms. The second kappa shape index (κ2) is 6.16. The fraction of sp³-hybridized carbons (Fsp3) is 0.333. The first-order chi connectivity index (χ1) is 12.5. The van der Waals surface area contributed by atoms with Gasteiger partial charge in [-0.25, -0.2) is 0 Å². The molecule has 4 rings (SSSR count). The van der Waals surface area contributed by atoms with Crippen molar-refractivity contribution in [2.45, 2.75) is 31.9 Å². The van der Waals surface area contributed by atoms with E-state index in [0.717, 1.165) is 17.0 Å². The van der Waals surface area contributed by atoms with E-state index in [1.54, 1.807) is 4.90 Å². The maximum atomic E-state index is 13.4. The van der Waals surface area contributed by atoms with Crippen LogP contribution in [0.1, 0.15) is 31.7 Å². The molecule has 1 fully saturated rings. The van der Waals surface area contributed by atoms with Crippen molar-refractivity contribution in [3.63, 3.8) is 0 Å². The van der Waals surface area contributed by atoms with Gasteiger partial charge in [0.05, 0.1) is 0 Å². The molecule has 2 aliphatic rings. The summed E-state index contributed by atoms with van der Waals surface area (Å²) in [5.74, 6) is -0.637. The smallest absolute Gasteiger partial charge is 0.240 e. The van der Waals surface area contributed by atoms with Crippen molar-refractivity contribution < 1.29 is 14.3 Å². The second-order valence-corrected chi connectivity index (χ2v) is 7.07. The number of ether oxygens (including phenoxy) is 1. The van der Waals surface area contributed by atoms with Gasteiger partial charge in [-0.05, 0) is 37.6 Å². The standard InChI is InChI=1S/C21H22N2O3/c1-3-23(14-9-5-4-6-10-14)20(25)18-16-13-21(2,22-19(18)24)26-17-12-8-7-11-15(16)17/h4-12,16,18H,3,13H2,1-2H3,(H,22,24)/t16-,18-,21+/m0/s1. The van der Waals surface area contributed by atoms with Crippen LogP contribution in [0, 0.1) is 5.92 Å². The van der Waals surface area contributed by atoms with E-state index in [1.165, 1.54) is 0 Å². The Labute approximate surface area is 153 Å². The highest BCUT2D eigenvalue weighted by molar-refractivity contribution is 6.09. The molecule has 2 aromatic carbocycles. The number of para-hydroxylation sites is 2. The fourth-order valence-electron chi connectivity index (χ4n) is 4.11. The largest absolute Gasteiger partial charge is 0.468 e. The Bertz CT molecular complexity index is 851. The number of benzene rings is 2. The van der Waals surface area contributed by atoms with Crippen LogP contribution in [0.15, 0.2) is 54.6 Å². The van der Waals surface area contributed by atoms with Crippen LogP contribution in [-0.4, -0.2) is 24.1 Å². The molecule has 0 saturated carbocycles. The molecule has 2 aliphatic heterocycles. The van der Waals surface area contributed by atoms with Crippen molar-refractivity contribution in [2.24, 2.45) is 5.92 Å². The average molecular weight is 350 g/mol. The molecule has 3 atom stereocenters. The molecular formula is C21H22N2O3. The van der Waals surface area contributed by atoms with Crippen LogP contribution in [0.4, 0.5) is 5.69 Å². The van der Waals surface area contributed by atoms with Gasteiger partial charge in [-0.3, -0.25) is 9.59 Å². The van der Waals surface area contributed by atoms with Crippen LogP contribution >= 0.6 is 0 Å². The van der Waals surface area contributed by atoms with Crippen molar-refractivity contribution in [3.05, 3.63) is 60.2 Å². The number of anilines is 1. The van der Waals surface area contributed by atoms with Crippen molar-refractivity contribution in [2.75, 3.05) is 11.4 Å². The molecule has 5 nitrogen and oxygen atoms in total. The highest BCUT2D eigenvalue weighted by atomic mass is 16.5. The molecule has 0 spiro atoms. The van der Waals surface area contributed by atoms with Crippen LogP contribution in [0.2, 0.25) is 0 Å².